The Morgan fingerprint density at radius 2 is 2.25 bits per heavy atom. The molecule has 0 aliphatic heterocycles. The van der Waals surface area contributed by atoms with Crippen LogP contribution >= 0.6 is 15.9 Å². The number of rotatable bonds is 6. The van der Waals surface area contributed by atoms with Gasteiger partial charge < -0.3 is 0 Å². The molecule has 1 N–H and O–H groups in total. The molecule has 0 aliphatic carbocycles. The fourth-order valence-electron chi connectivity index (χ4n) is 1.42. The van der Waals surface area contributed by atoms with E-state index in [9.17, 15) is 8.42 Å². The molecule has 92 valence electrons. The van der Waals surface area contributed by atoms with E-state index >= 15 is 0 Å². The maximum atomic E-state index is 12.2. The number of halogens is 1. The van der Waals surface area contributed by atoms with Crippen LogP contribution < -0.4 is 0 Å². The molecule has 0 amide bonds. The monoisotopic (exact) mass is 309 g/mol. The lowest BCUT2D eigenvalue weighted by atomic mass is 10.5. The van der Waals surface area contributed by atoms with Gasteiger partial charge in [-0.05, 0) is 13.3 Å². The van der Waals surface area contributed by atoms with Crippen LogP contribution in [0.15, 0.2) is 11.1 Å². The van der Waals surface area contributed by atoms with Gasteiger partial charge in [0.25, 0.3) is 0 Å². The lowest BCUT2D eigenvalue weighted by molar-refractivity contribution is 0.428. The molecule has 1 aromatic rings. The van der Waals surface area contributed by atoms with Crippen LogP contribution in [0.5, 0.6) is 0 Å². The van der Waals surface area contributed by atoms with Crippen molar-refractivity contribution in [2.75, 3.05) is 18.4 Å². The van der Waals surface area contributed by atoms with Gasteiger partial charge in [-0.3, -0.25) is 5.10 Å². The summed E-state index contributed by atoms with van der Waals surface area (Å²) in [4.78, 5) is 0.268. The van der Waals surface area contributed by atoms with Gasteiger partial charge in [0.05, 0.1) is 11.9 Å². The molecule has 0 saturated heterocycles. The van der Waals surface area contributed by atoms with Crippen molar-refractivity contribution in [2.24, 2.45) is 0 Å². The van der Waals surface area contributed by atoms with E-state index in [-0.39, 0.29) is 4.90 Å². The molecule has 1 heterocycles. The van der Waals surface area contributed by atoms with Gasteiger partial charge >= 0.3 is 0 Å². The highest BCUT2D eigenvalue weighted by molar-refractivity contribution is 9.09. The predicted molar refractivity (Wildman–Crippen MR) is 66.2 cm³/mol. The predicted octanol–water partition coefficient (Wildman–Crippen LogP) is 1.51. The summed E-state index contributed by atoms with van der Waals surface area (Å²) in [5.41, 5.74) is 0.581. The average Bonchev–Trinajstić information content (AvgIpc) is 2.66. The molecule has 7 heteroatoms. The topological polar surface area (TPSA) is 66.1 Å². The molecular weight excluding hydrogens is 294 g/mol. The molecule has 0 spiro atoms. The highest BCUT2D eigenvalue weighted by Gasteiger charge is 2.25. The van der Waals surface area contributed by atoms with E-state index in [0.29, 0.717) is 18.8 Å². The van der Waals surface area contributed by atoms with Gasteiger partial charge in [0.15, 0.2) is 0 Å². The number of aromatic nitrogens is 2. The Balaban J connectivity index is 2.95. The van der Waals surface area contributed by atoms with Crippen molar-refractivity contribution in [3.8, 4) is 0 Å². The molecule has 0 aliphatic rings. The molecule has 0 aromatic carbocycles. The summed E-state index contributed by atoms with van der Waals surface area (Å²) in [6.45, 7) is 4.54. The van der Waals surface area contributed by atoms with Gasteiger partial charge in [-0.1, -0.05) is 22.9 Å². The number of nitrogens with zero attached hydrogens (tertiary/aromatic N) is 2. The summed E-state index contributed by atoms with van der Waals surface area (Å²) in [5.74, 6) is 0. The SMILES string of the molecule is CCN(CCCBr)S(=O)(=O)c1cn[nH]c1C. The maximum absolute atomic E-state index is 12.2. The van der Waals surface area contributed by atoms with Crippen molar-refractivity contribution in [3.63, 3.8) is 0 Å². The fourth-order valence-corrected chi connectivity index (χ4v) is 3.28. The van der Waals surface area contributed by atoms with Gasteiger partial charge in [0.1, 0.15) is 4.90 Å². The summed E-state index contributed by atoms with van der Waals surface area (Å²) in [7, 11) is -3.39. The van der Waals surface area contributed by atoms with E-state index in [1.54, 1.807) is 6.92 Å². The minimum Gasteiger partial charge on any atom is -0.281 e. The summed E-state index contributed by atoms with van der Waals surface area (Å²) < 4.78 is 25.9. The number of H-pyrrole nitrogens is 1. The first-order valence-electron chi connectivity index (χ1n) is 5.10. The van der Waals surface area contributed by atoms with E-state index in [4.69, 9.17) is 0 Å². The Hall–Kier alpha value is -0.400. The maximum Gasteiger partial charge on any atom is 0.246 e. The summed E-state index contributed by atoms with van der Waals surface area (Å²) in [6.07, 6.45) is 2.16. The number of hydrogen-bond donors (Lipinski definition) is 1. The number of alkyl halides is 1. The van der Waals surface area contributed by atoms with Gasteiger partial charge in [0, 0.05) is 18.4 Å². The summed E-state index contributed by atoms with van der Waals surface area (Å²) >= 11 is 3.30. The third-order valence-corrected chi connectivity index (χ3v) is 4.94. The van der Waals surface area contributed by atoms with Crippen molar-refractivity contribution in [1.82, 2.24) is 14.5 Å². The second kappa shape index (κ2) is 5.79. The molecule has 0 saturated carbocycles. The number of sulfonamides is 1. The van der Waals surface area contributed by atoms with Crippen LogP contribution in [0.4, 0.5) is 0 Å². The Morgan fingerprint density at radius 1 is 1.56 bits per heavy atom. The van der Waals surface area contributed by atoms with Crippen LogP contribution in [-0.4, -0.2) is 41.3 Å². The van der Waals surface area contributed by atoms with Crippen molar-refractivity contribution in [1.29, 1.82) is 0 Å². The number of nitrogens with one attached hydrogen (secondary N) is 1. The van der Waals surface area contributed by atoms with Crippen LogP contribution in [0.3, 0.4) is 0 Å². The lowest BCUT2D eigenvalue weighted by Crippen LogP contribution is -2.32. The lowest BCUT2D eigenvalue weighted by Gasteiger charge is -2.19. The van der Waals surface area contributed by atoms with Crippen LogP contribution in [0.1, 0.15) is 19.0 Å². The van der Waals surface area contributed by atoms with Gasteiger partial charge in [-0.25, -0.2) is 8.42 Å². The second-order valence-electron chi connectivity index (χ2n) is 3.40. The van der Waals surface area contributed by atoms with Gasteiger partial charge in [-0.2, -0.15) is 9.40 Å². The van der Waals surface area contributed by atoms with E-state index in [1.807, 2.05) is 6.92 Å². The van der Waals surface area contributed by atoms with Gasteiger partial charge in [-0.15, -0.1) is 0 Å². The normalized spacial score (nSPS) is 12.2. The fraction of sp³-hybridized carbons (Fsp3) is 0.667. The van der Waals surface area contributed by atoms with E-state index in [2.05, 4.69) is 26.1 Å². The van der Waals surface area contributed by atoms with E-state index in [0.717, 1.165) is 11.8 Å². The van der Waals surface area contributed by atoms with Crippen LogP contribution in [0, 0.1) is 6.92 Å². The Labute approximate surface area is 104 Å². The highest BCUT2D eigenvalue weighted by Crippen LogP contribution is 2.17. The van der Waals surface area contributed by atoms with Crippen LogP contribution in [0.25, 0.3) is 0 Å². The van der Waals surface area contributed by atoms with E-state index < -0.39 is 10.0 Å². The number of aryl methyl sites for hydroxylation is 1. The van der Waals surface area contributed by atoms with Crippen molar-refractivity contribution >= 4 is 26.0 Å². The molecule has 0 radical (unpaired) electrons. The zero-order valence-electron chi connectivity index (χ0n) is 9.40. The quantitative estimate of drug-likeness (QED) is 0.810. The smallest absolute Gasteiger partial charge is 0.246 e. The van der Waals surface area contributed by atoms with Crippen molar-refractivity contribution in [2.45, 2.75) is 25.2 Å². The molecule has 0 bridgehead atoms. The first-order valence-corrected chi connectivity index (χ1v) is 7.66. The first kappa shape index (κ1) is 13.7. The molecule has 1 rings (SSSR count). The van der Waals surface area contributed by atoms with Crippen LogP contribution in [-0.2, 0) is 10.0 Å². The summed E-state index contributed by atoms with van der Waals surface area (Å²) in [6, 6.07) is 0. The van der Waals surface area contributed by atoms with Gasteiger partial charge in [0.2, 0.25) is 10.0 Å². The average molecular weight is 310 g/mol. The third kappa shape index (κ3) is 2.83. The minimum absolute atomic E-state index is 0.268. The highest BCUT2D eigenvalue weighted by atomic mass is 79.9. The molecule has 1 aromatic heterocycles. The molecule has 0 unspecified atom stereocenters. The second-order valence-corrected chi connectivity index (χ2v) is 6.10. The number of hydrogen-bond acceptors (Lipinski definition) is 3. The Kier molecular flexibility index (Phi) is 4.94. The minimum atomic E-state index is -3.39. The molecule has 0 fully saturated rings. The molecular formula is C9H16BrN3O2S. The first-order chi connectivity index (χ1) is 7.54. The largest absolute Gasteiger partial charge is 0.281 e. The van der Waals surface area contributed by atoms with Crippen molar-refractivity contribution < 1.29 is 8.42 Å². The molecule has 0 atom stereocenters. The summed E-state index contributed by atoms with van der Waals surface area (Å²) in [5, 5.41) is 7.18. The number of aromatic amines is 1. The third-order valence-electron chi connectivity index (χ3n) is 2.30. The van der Waals surface area contributed by atoms with Crippen molar-refractivity contribution in [3.05, 3.63) is 11.9 Å². The Morgan fingerprint density at radius 3 is 2.69 bits per heavy atom. The van der Waals surface area contributed by atoms with Crippen LogP contribution in [0.2, 0.25) is 0 Å². The zero-order chi connectivity index (χ0) is 12.2. The zero-order valence-corrected chi connectivity index (χ0v) is 11.8. The standard InChI is InChI=1S/C9H16BrN3O2S/c1-3-13(6-4-5-10)16(14,15)9-7-11-12-8(9)2/h7H,3-6H2,1-2H3,(H,11,12). The van der Waals surface area contributed by atoms with E-state index in [1.165, 1.54) is 10.5 Å². The molecule has 5 nitrogen and oxygen atoms in total. The molecule has 16 heavy (non-hydrogen) atoms. The Bertz CT molecular complexity index is 430.